The van der Waals surface area contributed by atoms with E-state index in [1.807, 2.05) is 4.90 Å². The zero-order valence-corrected chi connectivity index (χ0v) is 22.1. The first-order chi connectivity index (χ1) is 17.5. The zero-order valence-electron chi connectivity index (χ0n) is 22.1. The van der Waals surface area contributed by atoms with Crippen LogP contribution in [0.1, 0.15) is 74.4 Å². The molecule has 0 spiro atoms. The van der Waals surface area contributed by atoms with Crippen molar-refractivity contribution < 1.29 is 27.8 Å². The van der Waals surface area contributed by atoms with Gasteiger partial charge in [0.25, 0.3) is 5.56 Å². The van der Waals surface area contributed by atoms with Crippen LogP contribution >= 0.6 is 0 Å². The lowest BCUT2D eigenvalue weighted by atomic mass is 10.0. The normalized spacial score (nSPS) is 17.8. The Morgan fingerprint density at radius 1 is 1.22 bits per heavy atom. The average Bonchev–Trinajstić information content (AvgIpc) is 3.55. The first-order valence-electron chi connectivity index (χ1n) is 12.8. The fourth-order valence-electron chi connectivity index (χ4n) is 5.12. The van der Waals surface area contributed by atoms with Crippen LogP contribution in [0.5, 0.6) is 0 Å². The van der Waals surface area contributed by atoms with Crippen molar-refractivity contribution in [3.63, 3.8) is 0 Å². The smallest absolute Gasteiger partial charge is 0.410 e. The van der Waals surface area contributed by atoms with Gasteiger partial charge in [0.05, 0.1) is 36.6 Å². The number of hydrogen-bond donors (Lipinski definition) is 0. The molecular formula is C27H35F2N3O5. The number of alkyl halides is 1. The van der Waals surface area contributed by atoms with Crippen molar-refractivity contribution in [1.82, 2.24) is 9.30 Å². The molecule has 202 valence electrons. The summed E-state index contributed by atoms with van der Waals surface area (Å²) >= 11 is 0. The van der Waals surface area contributed by atoms with Gasteiger partial charge in [0.1, 0.15) is 17.8 Å². The van der Waals surface area contributed by atoms with Crippen LogP contribution in [-0.4, -0.2) is 65.9 Å². The molecule has 0 N–H and O–H groups in total. The van der Waals surface area contributed by atoms with Crippen LogP contribution in [-0.2, 0) is 9.47 Å². The molecule has 2 fully saturated rings. The van der Waals surface area contributed by atoms with Crippen LogP contribution < -0.4 is 10.5 Å². The van der Waals surface area contributed by atoms with E-state index < -0.39 is 35.7 Å². The Morgan fingerprint density at radius 2 is 1.92 bits per heavy atom. The number of fused-ring (bicyclic) bond motifs is 1. The second-order valence-corrected chi connectivity index (χ2v) is 10.7. The Kier molecular flexibility index (Phi) is 7.48. The van der Waals surface area contributed by atoms with E-state index in [0.717, 1.165) is 24.6 Å². The SMILES string of the molecule is CCOC(=O)c1cc(C2CC2)c2c(C)c(N3CC[C@H](N(CCF)C(=O)OC(C)(C)C)C3)c(F)cn2c1=O. The standard InChI is InChI=1S/C27H35F2N3O5/c1-6-36-25(34)20-13-19(17-7-8-17)22-16(2)23(21(29)15-32(22)24(20)33)30-11-9-18(14-30)31(12-10-28)26(35)37-27(3,4)5/h13,15,17-18H,6-12,14H2,1-5H3/t18-/m0/s1. The molecule has 2 aromatic heterocycles. The number of aromatic nitrogens is 1. The van der Waals surface area contributed by atoms with Crippen molar-refractivity contribution >= 4 is 23.3 Å². The van der Waals surface area contributed by atoms with Gasteiger partial charge >= 0.3 is 12.1 Å². The van der Waals surface area contributed by atoms with Crippen molar-refractivity contribution in [2.45, 2.75) is 71.4 Å². The van der Waals surface area contributed by atoms with Gasteiger partial charge < -0.3 is 19.3 Å². The lowest BCUT2D eigenvalue weighted by molar-refractivity contribution is 0.0165. The number of anilines is 1. The minimum atomic E-state index is -0.722. The average molecular weight is 520 g/mol. The summed E-state index contributed by atoms with van der Waals surface area (Å²) in [6.45, 7) is 8.75. The van der Waals surface area contributed by atoms with E-state index in [4.69, 9.17) is 9.47 Å². The maximum atomic E-state index is 15.6. The molecule has 2 aliphatic rings. The fourth-order valence-corrected chi connectivity index (χ4v) is 5.12. The second kappa shape index (κ2) is 10.3. The van der Waals surface area contributed by atoms with Gasteiger partial charge in [0.15, 0.2) is 5.82 Å². The number of rotatable bonds is 7. The first kappa shape index (κ1) is 26.9. The number of pyridine rings is 2. The fraction of sp³-hybridized carbons (Fsp3) is 0.593. The number of halogens is 2. The third kappa shape index (κ3) is 5.43. The summed E-state index contributed by atoms with van der Waals surface area (Å²) in [4.78, 5) is 41.6. The molecule has 3 heterocycles. The Bertz CT molecular complexity index is 1270. The summed E-state index contributed by atoms with van der Waals surface area (Å²) in [7, 11) is 0. The summed E-state index contributed by atoms with van der Waals surface area (Å²) in [6, 6.07) is 1.25. The molecule has 0 unspecified atom stereocenters. The monoisotopic (exact) mass is 519 g/mol. The number of amides is 1. The summed E-state index contributed by atoms with van der Waals surface area (Å²) < 4.78 is 40.7. The Hall–Kier alpha value is -3.17. The van der Waals surface area contributed by atoms with Gasteiger partial charge in [0, 0.05) is 13.1 Å². The van der Waals surface area contributed by atoms with E-state index in [9.17, 15) is 18.8 Å². The summed E-state index contributed by atoms with van der Waals surface area (Å²) in [5.74, 6) is -1.15. The molecule has 10 heteroatoms. The van der Waals surface area contributed by atoms with Crippen LogP contribution in [0.3, 0.4) is 0 Å². The third-order valence-corrected chi connectivity index (χ3v) is 6.83. The van der Waals surface area contributed by atoms with Crippen molar-refractivity contribution in [1.29, 1.82) is 0 Å². The molecule has 1 atom stereocenters. The zero-order chi connectivity index (χ0) is 27.1. The minimum Gasteiger partial charge on any atom is -0.462 e. The molecule has 1 saturated carbocycles. The van der Waals surface area contributed by atoms with E-state index >= 15 is 4.39 Å². The number of carbonyl (C=O) groups is 2. The molecule has 4 rings (SSSR count). The number of nitrogens with zero attached hydrogens (tertiary/aromatic N) is 3. The molecule has 8 nitrogen and oxygen atoms in total. The number of esters is 1. The van der Waals surface area contributed by atoms with E-state index in [0.29, 0.717) is 36.3 Å². The molecule has 1 aliphatic heterocycles. The van der Waals surface area contributed by atoms with Crippen LogP contribution in [0.2, 0.25) is 0 Å². The predicted octanol–water partition coefficient (Wildman–Crippen LogP) is 4.59. The predicted molar refractivity (Wildman–Crippen MR) is 136 cm³/mol. The summed E-state index contributed by atoms with van der Waals surface area (Å²) in [5, 5.41) is 0. The lowest BCUT2D eigenvalue weighted by Gasteiger charge is -2.31. The molecule has 0 bridgehead atoms. The van der Waals surface area contributed by atoms with E-state index in [-0.39, 0.29) is 30.7 Å². The van der Waals surface area contributed by atoms with Crippen molar-refractivity contribution in [3.05, 3.63) is 45.1 Å². The van der Waals surface area contributed by atoms with E-state index in [2.05, 4.69) is 0 Å². The number of aryl methyl sites for hydroxylation is 1. The number of carbonyl (C=O) groups excluding carboxylic acids is 2. The van der Waals surface area contributed by atoms with Crippen LogP contribution in [0.15, 0.2) is 17.1 Å². The molecule has 0 radical (unpaired) electrons. The van der Waals surface area contributed by atoms with Gasteiger partial charge in [-0.25, -0.2) is 18.4 Å². The van der Waals surface area contributed by atoms with E-state index in [1.54, 1.807) is 40.7 Å². The largest absolute Gasteiger partial charge is 0.462 e. The van der Waals surface area contributed by atoms with Gasteiger partial charge in [-0.15, -0.1) is 0 Å². The van der Waals surface area contributed by atoms with Crippen LogP contribution in [0.25, 0.3) is 5.52 Å². The molecule has 1 aliphatic carbocycles. The Morgan fingerprint density at radius 3 is 2.51 bits per heavy atom. The third-order valence-electron chi connectivity index (χ3n) is 6.83. The molecule has 37 heavy (non-hydrogen) atoms. The van der Waals surface area contributed by atoms with Gasteiger partial charge in [0.2, 0.25) is 0 Å². The van der Waals surface area contributed by atoms with Crippen LogP contribution in [0.4, 0.5) is 19.3 Å². The maximum absolute atomic E-state index is 15.6. The van der Waals surface area contributed by atoms with Gasteiger partial charge in [-0.05, 0) is 77.0 Å². The Balaban J connectivity index is 1.72. The molecule has 2 aromatic rings. The van der Waals surface area contributed by atoms with Crippen molar-refractivity contribution in [2.24, 2.45) is 0 Å². The maximum Gasteiger partial charge on any atom is 0.410 e. The van der Waals surface area contributed by atoms with Crippen LogP contribution in [0, 0.1) is 12.7 Å². The lowest BCUT2D eigenvalue weighted by Crippen LogP contribution is -2.45. The highest BCUT2D eigenvalue weighted by Crippen LogP contribution is 2.44. The van der Waals surface area contributed by atoms with Crippen molar-refractivity contribution in [2.75, 3.05) is 37.8 Å². The molecular weight excluding hydrogens is 484 g/mol. The molecule has 1 saturated heterocycles. The first-order valence-corrected chi connectivity index (χ1v) is 12.8. The highest BCUT2D eigenvalue weighted by Gasteiger charge is 2.36. The Labute approximate surface area is 215 Å². The topological polar surface area (TPSA) is 80.6 Å². The highest BCUT2D eigenvalue weighted by atomic mass is 19.1. The number of hydrogen-bond acceptors (Lipinski definition) is 6. The van der Waals surface area contributed by atoms with E-state index in [1.165, 1.54) is 9.30 Å². The summed E-state index contributed by atoms with van der Waals surface area (Å²) in [6.07, 6.45) is 2.90. The van der Waals surface area contributed by atoms with Gasteiger partial charge in [-0.1, -0.05) is 0 Å². The molecule has 0 aromatic carbocycles. The van der Waals surface area contributed by atoms with Gasteiger partial charge in [-0.2, -0.15) is 0 Å². The second-order valence-electron chi connectivity index (χ2n) is 10.7. The molecule has 1 amide bonds. The minimum absolute atomic E-state index is 0.103. The van der Waals surface area contributed by atoms with Crippen molar-refractivity contribution in [3.8, 4) is 0 Å². The quantitative estimate of drug-likeness (QED) is 0.498. The number of ether oxygens (including phenoxy) is 2. The highest BCUT2D eigenvalue weighted by molar-refractivity contribution is 5.90. The van der Waals surface area contributed by atoms with Gasteiger partial charge in [-0.3, -0.25) is 9.20 Å². The summed E-state index contributed by atoms with van der Waals surface area (Å²) in [5.41, 5.74) is 0.900.